The molecule has 0 N–H and O–H groups in total. The number of benzene rings is 12. The second kappa shape index (κ2) is 14.1. The molecule has 16 rings (SSSR count). The zero-order valence-corrected chi connectivity index (χ0v) is 41.3. The van der Waals surface area contributed by atoms with Crippen LogP contribution in [0.3, 0.4) is 0 Å². The van der Waals surface area contributed by atoms with Gasteiger partial charge in [0, 0.05) is 0 Å². The Morgan fingerprint density at radius 2 is 0.648 bits per heavy atom. The van der Waals surface area contributed by atoms with Gasteiger partial charge < -0.3 is 0 Å². The van der Waals surface area contributed by atoms with Crippen molar-refractivity contribution in [2.75, 3.05) is 0 Å². The van der Waals surface area contributed by atoms with Crippen molar-refractivity contribution in [3.63, 3.8) is 0 Å². The van der Waals surface area contributed by atoms with Crippen LogP contribution in [-0.2, 0) is 0 Å². The van der Waals surface area contributed by atoms with E-state index in [9.17, 15) is 0 Å². The predicted molar refractivity (Wildman–Crippen MR) is 311 cm³/mol. The summed E-state index contributed by atoms with van der Waals surface area (Å²) in [6, 6.07) is 79.4. The molecule has 0 unspecified atom stereocenters. The summed E-state index contributed by atoms with van der Waals surface area (Å²) in [7, 11) is -1.99. The first-order chi connectivity index (χ1) is 34.8. The Hall–Kier alpha value is -7.97. The van der Waals surface area contributed by atoms with Crippen molar-refractivity contribution in [2.24, 2.45) is 0 Å². The lowest BCUT2D eigenvalue weighted by molar-refractivity contribution is 1.54. The normalized spacial score (nSPS) is 13.3. The quantitative estimate of drug-likeness (QED) is 0.119. The van der Waals surface area contributed by atoms with Crippen LogP contribution in [0.25, 0.3) is 121 Å². The third kappa shape index (κ3) is 5.37. The largest absolute Gasteiger partial charge is 0.244 e. The lowest BCUT2D eigenvalue weighted by Crippen LogP contribution is -2.53. The van der Waals surface area contributed by atoms with Crippen LogP contribution in [0.4, 0.5) is 0 Å². The average Bonchev–Trinajstić information content (AvgIpc) is 3.93. The van der Waals surface area contributed by atoms with Gasteiger partial charge in [-0.1, -0.05) is 227 Å². The first-order valence-corrected chi connectivity index (χ1v) is 29.0. The summed E-state index contributed by atoms with van der Waals surface area (Å²) in [5.74, 6) is 0. The molecule has 12 aromatic carbocycles. The molecule has 12 aromatic rings. The van der Waals surface area contributed by atoms with Crippen LogP contribution >= 0.6 is 0 Å². The van der Waals surface area contributed by atoms with Crippen LogP contribution < -0.4 is 38.0 Å². The number of aryl methyl sites for hydroxylation is 1. The highest BCUT2D eigenvalue weighted by Gasteiger charge is 2.45. The number of fused-ring (bicyclic) bond motifs is 10. The predicted octanol–water partition coefficient (Wildman–Crippen LogP) is 13.1. The minimum Gasteiger partial charge on any atom is -0.0657 e. The topological polar surface area (TPSA) is 0 Å². The van der Waals surface area contributed by atoms with Gasteiger partial charge in [0.05, 0.1) is 8.07 Å². The molecule has 0 fully saturated rings. The molecule has 0 bridgehead atoms. The van der Waals surface area contributed by atoms with Crippen LogP contribution in [-0.4, -0.2) is 21.5 Å². The molecule has 71 heavy (non-hydrogen) atoms. The molecule has 4 aliphatic rings. The van der Waals surface area contributed by atoms with E-state index in [-0.39, 0.29) is 13.4 Å². The number of rotatable bonds is 5. The summed E-state index contributed by atoms with van der Waals surface area (Å²) in [5.41, 5.74) is 31.3. The van der Waals surface area contributed by atoms with Gasteiger partial charge in [-0.15, -0.1) is 0 Å². The Morgan fingerprint density at radius 1 is 0.282 bits per heavy atom. The van der Waals surface area contributed by atoms with Crippen molar-refractivity contribution in [1.82, 2.24) is 0 Å². The Labute approximate surface area is 416 Å². The SMILES string of the molecule is Cc1cc2c3c(cc4c([Si](C)(C)C)cc5c6c(cc1c3c46)B1c3ccc(-c4ccccc4)cc3-c3cc(-c4ccccc4)cc-5c31)B1c3ccc(-c4ccccc4)cc3-c3cc(-c4ccccc4)cc-2c31. The maximum atomic E-state index is 2.72. The van der Waals surface area contributed by atoms with Gasteiger partial charge in [0.15, 0.2) is 0 Å². The molecule has 4 heterocycles. The van der Waals surface area contributed by atoms with Crippen LogP contribution in [0.15, 0.2) is 206 Å². The number of hydrogen-bond donors (Lipinski definition) is 0. The minimum atomic E-state index is -1.99. The molecule has 4 aliphatic heterocycles. The smallest absolute Gasteiger partial charge is 0.0657 e. The highest BCUT2D eigenvalue weighted by atomic mass is 28.3. The van der Waals surface area contributed by atoms with E-state index in [2.05, 4.69) is 233 Å². The standard InChI is InChI=1S/C68H46B2Si/c1-39-29-51-55-34-46(42-21-13-7-14-22-42)32-53-49-30-45(41-19-11-6-12-20-41)26-28-59(49)70(67(53)55)61-37-57-62(71(2,3)4)38-52-56-35-47(43-23-15-8-16-24-43)33-54-50-31-44(40-17-9-5-10-18-40)25-27-58(50)69(68(54)56)60-36-48(39)65(63(51)61)66(57)64(52)60/h5-38H,1-4H3. The molecule has 0 atom stereocenters. The fourth-order valence-electron chi connectivity index (χ4n) is 14.0. The monoisotopic (exact) mass is 912 g/mol. The molecule has 0 spiro atoms. The lowest BCUT2D eigenvalue weighted by Gasteiger charge is -2.34. The highest BCUT2D eigenvalue weighted by molar-refractivity contribution is 7.04. The Balaban J connectivity index is 1.05. The fourth-order valence-corrected chi connectivity index (χ4v) is 15.6. The van der Waals surface area contributed by atoms with Gasteiger partial charge in [-0.3, -0.25) is 0 Å². The van der Waals surface area contributed by atoms with Gasteiger partial charge in [0.25, 0.3) is 0 Å². The molecule has 0 saturated carbocycles. The Bertz CT molecular complexity index is 4260. The summed E-state index contributed by atoms with van der Waals surface area (Å²) in [5, 5.41) is 10.3. The van der Waals surface area contributed by atoms with Crippen LogP contribution in [0.5, 0.6) is 0 Å². The van der Waals surface area contributed by atoms with E-state index in [4.69, 9.17) is 0 Å². The van der Waals surface area contributed by atoms with Crippen LogP contribution in [0, 0.1) is 6.92 Å². The molecular weight excluding hydrogens is 866 g/mol. The summed E-state index contributed by atoms with van der Waals surface area (Å²) < 4.78 is 0. The second-order valence-corrected chi connectivity index (χ2v) is 26.9. The average molecular weight is 913 g/mol. The van der Waals surface area contributed by atoms with Gasteiger partial charge in [-0.2, -0.15) is 0 Å². The van der Waals surface area contributed by atoms with E-state index in [0.29, 0.717) is 0 Å². The summed E-state index contributed by atoms with van der Waals surface area (Å²) in [4.78, 5) is 0. The van der Waals surface area contributed by atoms with E-state index < -0.39 is 8.07 Å². The molecule has 328 valence electrons. The molecule has 0 nitrogen and oxygen atoms in total. The zero-order valence-electron chi connectivity index (χ0n) is 40.3. The van der Waals surface area contributed by atoms with E-state index in [1.807, 2.05) is 0 Å². The minimum absolute atomic E-state index is 0.130. The van der Waals surface area contributed by atoms with Gasteiger partial charge in [0.2, 0.25) is 13.4 Å². The van der Waals surface area contributed by atoms with E-state index >= 15 is 0 Å². The van der Waals surface area contributed by atoms with Crippen LogP contribution in [0.1, 0.15) is 5.56 Å². The molecule has 0 saturated heterocycles. The van der Waals surface area contributed by atoms with Crippen molar-refractivity contribution in [3.05, 3.63) is 212 Å². The van der Waals surface area contributed by atoms with Crippen molar-refractivity contribution >= 4 is 91.8 Å². The molecular formula is C68H46B2Si. The second-order valence-electron chi connectivity index (χ2n) is 21.9. The van der Waals surface area contributed by atoms with Crippen molar-refractivity contribution in [2.45, 2.75) is 26.6 Å². The Kier molecular flexibility index (Phi) is 7.91. The number of hydrogen-bond acceptors (Lipinski definition) is 0. The molecule has 3 heteroatoms. The van der Waals surface area contributed by atoms with Crippen LogP contribution in [0.2, 0.25) is 19.6 Å². The third-order valence-corrected chi connectivity index (χ3v) is 19.1. The van der Waals surface area contributed by atoms with Crippen molar-refractivity contribution < 1.29 is 0 Å². The van der Waals surface area contributed by atoms with Crippen molar-refractivity contribution in [3.8, 4) is 89.0 Å². The van der Waals surface area contributed by atoms with Crippen molar-refractivity contribution in [1.29, 1.82) is 0 Å². The first-order valence-electron chi connectivity index (χ1n) is 25.5. The maximum absolute atomic E-state index is 2.72. The van der Waals surface area contributed by atoms with Gasteiger partial charge >= 0.3 is 0 Å². The van der Waals surface area contributed by atoms with Gasteiger partial charge in [0.1, 0.15) is 0 Å². The first kappa shape index (κ1) is 39.8. The summed E-state index contributed by atoms with van der Waals surface area (Å²) >= 11 is 0. The Morgan fingerprint density at radius 3 is 1.08 bits per heavy atom. The van der Waals surface area contributed by atoms with E-state index in [0.717, 1.165) is 0 Å². The summed E-state index contributed by atoms with van der Waals surface area (Å²) in [6.07, 6.45) is 0. The maximum Gasteiger partial charge on any atom is 0.244 e. The zero-order chi connectivity index (χ0) is 47.0. The van der Waals surface area contributed by atoms with E-state index in [1.165, 1.54) is 160 Å². The van der Waals surface area contributed by atoms with Gasteiger partial charge in [-0.25, -0.2) is 0 Å². The van der Waals surface area contributed by atoms with E-state index in [1.54, 1.807) is 5.19 Å². The lowest BCUT2D eigenvalue weighted by atomic mass is 9.34. The fraction of sp³-hybridized carbons (Fsp3) is 0.0588. The molecule has 0 radical (unpaired) electrons. The molecule has 0 aromatic heterocycles. The van der Waals surface area contributed by atoms with Gasteiger partial charge in [-0.05, 0) is 170 Å². The highest BCUT2D eigenvalue weighted by Crippen LogP contribution is 2.49. The molecule has 0 aliphatic carbocycles. The third-order valence-electron chi connectivity index (χ3n) is 17.1. The summed E-state index contributed by atoms with van der Waals surface area (Å²) in [6.45, 7) is 10.4. The molecule has 0 amide bonds.